The molecule has 2 atom stereocenters. The SMILES string of the molecule is CCCCC1=Cc2c(-c3cc(C)cc(C)c3)ccc(-c3cc(C)cc(C)c3)c2[CH]1[Zr]([CH]1C(CCCC)=Cc2c(-c3cc(C)cc(C)c3)ccc(-c3cc(C)cc(C)c3)c21)[SiH](C)C. The molecular weight excluding hydrogens is 840 g/mol. The summed E-state index contributed by atoms with van der Waals surface area (Å²) in [5.41, 5.74) is 32.0. The molecule has 317 valence electrons. The molecule has 2 unspecified atom stereocenters. The Morgan fingerprint density at radius 2 is 0.677 bits per heavy atom. The van der Waals surface area contributed by atoms with E-state index < -0.39 is 26.8 Å². The van der Waals surface area contributed by atoms with Crippen LogP contribution in [0.1, 0.15) is 126 Å². The quantitative estimate of drug-likeness (QED) is 0.101. The first-order valence-electron chi connectivity index (χ1n) is 23.7. The number of allylic oxidation sites excluding steroid dienone is 2. The van der Waals surface area contributed by atoms with Crippen LogP contribution in [-0.4, -0.2) is 5.92 Å². The maximum atomic E-state index is 2.77. The van der Waals surface area contributed by atoms with Crippen molar-refractivity contribution in [2.45, 2.75) is 128 Å². The van der Waals surface area contributed by atoms with Gasteiger partial charge in [-0.05, 0) is 0 Å². The van der Waals surface area contributed by atoms with E-state index in [1.54, 1.807) is 22.3 Å². The summed E-state index contributed by atoms with van der Waals surface area (Å²) in [6, 6.07) is 39.1. The molecule has 0 fully saturated rings. The first-order valence-corrected chi connectivity index (χ1v) is 33.7. The van der Waals surface area contributed by atoms with Gasteiger partial charge in [0.05, 0.1) is 0 Å². The Balaban J connectivity index is 1.46. The number of aryl methyl sites for hydroxylation is 8. The number of hydrogen-bond acceptors (Lipinski definition) is 0. The number of hydrogen-bond donors (Lipinski definition) is 0. The van der Waals surface area contributed by atoms with Crippen molar-refractivity contribution in [2.24, 2.45) is 0 Å². The van der Waals surface area contributed by atoms with E-state index in [0.717, 1.165) is 0 Å². The van der Waals surface area contributed by atoms with Crippen molar-refractivity contribution in [3.63, 3.8) is 0 Å². The Kier molecular flexibility index (Phi) is 13.3. The van der Waals surface area contributed by atoms with Crippen LogP contribution in [0.4, 0.5) is 0 Å². The van der Waals surface area contributed by atoms with Crippen LogP contribution in [0.15, 0.2) is 108 Å². The van der Waals surface area contributed by atoms with E-state index in [-0.39, 0.29) is 0 Å². The fourth-order valence-corrected chi connectivity index (χ4v) is 34.3. The van der Waals surface area contributed by atoms with Crippen LogP contribution >= 0.6 is 0 Å². The monoisotopic (exact) mass is 907 g/mol. The Morgan fingerprint density at radius 1 is 0.403 bits per heavy atom. The Morgan fingerprint density at radius 3 is 0.952 bits per heavy atom. The molecule has 0 spiro atoms. The fourth-order valence-electron chi connectivity index (χ4n) is 11.4. The van der Waals surface area contributed by atoms with Crippen LogP contribution in [0.25, 0.3) is 56.7 Å². The van der Waals surface area contributed by atoms with Crippen LogP contribution < -0.4 is 0 Å². The van der Waals surface area contributed by atoms with Gasteiger partial charge in [-0.25, -0.2) is 0 Å². The summed E-state index contributed by atoms with van der Waals surface area (Å²) >= 11 is -2.62. The minimum atomic E-state index is -2.62. The topological polar surface area (TPSA) is 0 Å². The Bertz CT molecular complexity index is 2470. The molecule has 0 nitrogen and oxygen atoms in total. The van der Waals surface area contributed by atoms with Gasteiger partial charge in [0.2, 0.25) is 0 Å². The number of unbranched alkanes of at least 4 members (excludes halogenated alkanes) is 2. The second-order valence-electron chi connectivity index (χ2n) is 19.6. The number of benzene rings is 6. The molecule has 0 saturated heterocycles. The summed E-state index contributed by atoms with van der Waals surface area (Å²) in [5.74, 6) is -1.22. The summed E-state index contributed by atoms with van der Waals surface area (Å²) in [4.78, 5) is 0. The van der Waals surface area contributed by atoms with Crippen molar-refractivity contribution in [3.05, 3.63) is 175 Å². The molecule has 0 saturated carbocycles. The predicted octanol–water partition coefficient (Wildman–Crippen LogP) is 17.4. The molecule has 0 aromatic heterocycles. The molecule has 0 radical (unpaired) electrons. The zero-order valence-electron chi connectivity index (χ0n) is 39.9. The standard InChI is InChI=1S/2C29H31.C2H7Si.Zr/c2*1-6-7-8-23-17-28-26(24-13-19(2)11-20(3)14-24)9-10-27(29(28)18-23)25-15-21(4)12-22(5)16-25;1-3-2;/h2*9-18H,6-8H2,1-5H3;3H,1-2H3;. The van der Waals surface area contributed by atoms with E-state index in [1.165, 1.54) is 139 Å². The van der Waals surface area contributed by atoms with E-state index >= 15 is 0 Å². The van der Waals surface area contributed by atoms with E-state index in [4.69, 9.17) is 0 Å². The van der Waals surface area contributed by atoms with Gasteiger partial charge in [0, 0.05) is 0 Å². The van der Waals surface area contributed by atoms with E-state index in [1.807, 2.05) is 0 Å². The van der Waals surface area contributed by atoms with Crippen LogP contribution in [0.3, 0.4) is 0 Å². The van der Waals surface area contributed by atoms with E-state index in [9.17, 15) is 0 Å². The number of fused-ring (bicyclic) bond motifs is 2. The average molecular weight is 910 g/mol. The molecule has 8 rings (SSSR count). The molecule has 6 aromatic rings. The second kappa shape index (κ2) is 18.6. The normalized spacial score (nSPS) is 15.5. The van der Waals surface area contributed by atoms with Gasteiger partial charge in [0.1, 0.15) is 0 Å². The molecule has 2 aliphatic carbocycles. The van der Waals surface area contributed by atoms with Crippen molar-refractivity contribution in [1.29, 1.82) is 0 Å². The van der Waals surface area contributed by atoms with Gasteiger partial charge < -0.3 is 0 Å². The third-order valence-corrected chi connectivity index (χ3v) is 35.3. The van der Waals surface area contributed by atoms with Gasteiger partial charge in [0.25, 0.3) is 0 Å². The third kappa shape index (κ3) is 8.86. The van der Waals surface area contributed by atoms with Crippen molar-refractivity contribution < 1.29 is 20.9 Å². The molecule has 2 aliphatic rings. The van der Waals surface area contributed by atoms with Crippen LogP contribution in [0.2, 0.25) is 13.1 Å². The summed E-state index contributed by atoms with van der Waals surface area (Å²) < 4.78 is 1.07. The molecule has 6 aromatic carbocycles. The zero-order valence-corrected chi connectivity index (χ0v) is 43.5. The predicted molar refractivity (Wildman–Crippen MR) is 272 cm³/mol. The maximum absolute atomic E-state index is 2.77. The molecule has 0 N–H and O–H groups in total. The van der Waals surface area contributed by atoms with Gasteiger partial charge >= 0.3 is 387 Å². The zero-order chi connectivity index (χ0) is 44.0. The molecule has 2 heteroatoms. The van der Waals surface area contributed by atoms with Crippen LogP contribution in [0, 0.1) is 55.4 Å². The van der Waals surface area contributed by atoms with Crippen LogP contribution in [0.5, 0.6) is 0 Å². The molecule has 0 bridgehead atoms. The Hall–Kier alpha value is -4.10. The number of rotatable bonds is 13. The first kappa shape index (κ1) is 44.5. The van der Waals surface area contributed by atoms with Gasteiger partial charge in [-0.1, -0.05) is 0 Å². The van der Waals surface area contributed by atoms with Gasteiger partial charge in [-0.3, -0.25) is 0 Å². The third-order valence-electron chi connectivity index (χ3n) is 13.7. The molecule has 0 aliphatic heterocycles. The average Bonchev–Trinajstić information content (AvgIpc) is 3.76. The van der Waals surface area contributed by atoms with Gasteiger partial charge in [-0.2, -0.15) is 0 Å². The fraction of sp³-hybridized carbons (Fsp3) is 0.333. The second-order valence-corrected chi connectivity index (χ2v) is 39.7. The molecule has 62 heavy (non-hydrogen) atoms. The first-order chi connectivity index (χ1) is 29.7. The van der Waals surface area contributed by atoms with Gasteiger partial charge in [0.15, 0.2) is 0 Å². The summed E-state index contributed by atoms with van der Waals surface area (Å²) in [6.45, 7) is 28.5. The summed E-state index contributed by atoms with van der Waals surface area (Å²) in [7, 11) is 0. The van der Waals surface area contributed by atoms with E-state index in [0.29, 0.717) is 7.25 Å². The van der Waals surface area contributed by atoms with E-state index in [2.05, 4.69) is 192 Å². The van der Waals surface area contributed by atoms with Crippen molar-refractivity contribution in [3.8, 4) is 44.5 Å². The van der Waals surface area contributed by atoms with Crippen molar-refractivity contribution >= 4 is 18.1 Å². The van der Waals surface area contributed by atoms with Crippen molar-refractivity contribution in [2.75, 3.05) is 0 Å². The summed E-state index contributed by atoms with van der Waals surface area (Å²) in [6.07, 6.45) is 12.8. The molecule has 0 amide bonds. The van der Waals surface area contributed by atoms with Gasteiger partial charge in [-0.15, -0.1) is 0 Å². The summed E-state index contributed by atoms with van der Waals surface area (Å²) in [5, 5.41) is 0. The Labute approximate surface area is 383 Å². The molecule has 0 heterocycles. The molecular formula is C60H69SiZr. The minimum absolute atomic E-state index is 0.533. The van der Waals surface area contributed by atoms with Crippen molar-refractivity contribution in [1.82, 2.24) is 0 Å². The van der Waals surface area contributed by atoms with Crippen LogP contribution in [-0.2, 0) is 20.9 Å².